The van der Waals surface area contributed by atoms with Crippen LogP contribution in [0.3, 0.4) is 0 Å². The summed E-state index contributed by atoms with van der Waals surface area (Å²) in [5.41, 5.74) is 1.89. The summed E-state index contributed by atoms with van der Waals surface area (Å²) < 4.78 is 40.3. The highest BCUT2D eigenvalue weighted by molar-refractivity contribution is 7.69. The van der Waals surface area contributed by atoms with Crippen LogP contribution in [0.5, 0.6) is 0 Å². The molecule has 1 aliphatic rings. The van der Waals surface area contributed by atoms with Crippen molar-refractivity contribution in [3.8, 4) is 11.3 Å². The largest absolute Gasteiger partial charge is 0.365 e. The summed E-state index contributed by atoms with van der Waals surface area (Å²) in [6.45, 7) is 4.47. The first-order valence-corrected chi connectivity index (χ1v) is 12.2. The number of halogens is 3. The number of nitrogens with zero attached hydrogens (tertiary/aromatic N) is 4. The molecule has 3 aromatic rings. The van der Waals surface area contributed by atoms with Crippen molar-refractivity contribution in [3.05, 3.63) is 58.9 Å². The average Bonchev–Trinajstić information content (AvgIpc) is 2.73. The van der Waals surface area contributed by atoms with Crippen molar-refractivity contribution in [1.29, 1.82) is 0 Å². The van der Waals surface area contributed by atoms with Crippen LogP contribution in [0.15, 0.2) is 36.7 Å². The minimum absolute atomic E-state index is 0.0568. The fraction of sp³-hybridized carbons (Fsp3) is 0.250. The van der Waals surface area contributed by atoms with Gasteiger partial charge in [0.2, 0.25) is 0 Å². The first kappa shape index (κ1) is 20.7. The molecule has 0 atom stereocenters. The van der Waals surface area contributed by atoms with Crippen molar-refractivity contribution in [2.75, 3.05) is 36.6 Å². The lowest BCUT2D eigenvalue weighted by molar-refractivity contribution is 0.580. The van der Waals surface area contributed by atoms with E-state index in [4.69, 9.17) is 11.6 Å². The molecule has 6 nitrogen and oxygen atoms in total. The van der Waals surface area contributed by atoms with E-state index in [0.717, 1.165) is 12.1 Å². The highest BCUT2D eigenvalue weighted by atomic mass is 35.5. The van der Waals surface area contributed by atoms with Gasteiger partial charge in [-0.25, -0.2) is 18.7 Å². The molecule has 0 saturated heterocycles. The monoisotopic (exact) mass is 449 g/mol. The van der Waals surface area contributed by atoms with Crippen molar-refractivity contribution in [1.82, 2.24) is 15.0 Å². The lowest BCUT2D eigenvalue weighted by atomic mass is 10.1. The highest BCUT2D eigenvalue weighted by Gasteiger charge is 2.24. The van der Waals surface area contributed by atoms with Gasteiger partial charge >= 0.3 is 0 Å². The second-order valence-corrected chi connectivity index (χ2v) is 10.9. The molecule has 1 aromatic carbocycles. The van der Waals surface area contributed by atoms with E-state index < -0.39 is 18.8 Å². The van der Waals surface area contributed by atoms with Crippen LogP contribution in [-0.2, 0) is 11.1 Å². The van der Waals surface area contributed by atoms with E-state index in [-0.39, 0.29) is 17.1 Å². The van der Waals surface area contributed by atoms with Crippen molar-refractivity contribution < 1.29 is 13.3 Å². The Morgan fingerprint density at radius 3 is 2.60 bits per heavy atom. The molecule has 1 aliphatic heterocycles. The molecule has 0 unspecified atom stereocenters. The molecule has 4 rings (SSSR count). The Hall–Kier alpha value is -2.57. The number of pyridine rings is 1. The van der Waals surface area contributed by atoms with Crippen molar-refractivity contribution >= 4 is 35.8 Å². The Morgan fingerprint density at radius 2 is 1.90 bits per heavy atom. The number of hydrogen-bond acceptors (Lipinski definition) is 6. The molecule has 3 heterocycles. The molecule has 0 fully saturated rings. The van der Waals surface area contributed by atoms with E-state index in [1.807, 2.05) is 0 Å². The zero-order chi connectivity index (χ0) is 21.5. The first-order chi connectivity index (χ1) is 14.2. The summed E-state index contributed by atoms with van der Waals surface area (Å²) in [6, 6.07) is 5.58. The number of hydrogen-bond donors (Lipinski definition) is 1. The van der Waals surface area contributed by atoms with Crippen molar-refractivity contribution in [2.45, 2.75) is 6.54 Å². The third-order valence-corrected chi connectivity index (χ3v) is 6.59. The van der Waals surface area contributed by atoms with E-state index in [2.05, 4.69) is 20.3 Å². The summed E-state index contributed by atoms with van der Waals surface area (Å²) in [4.78, 5) is 15.2. The zero-order valence-corrected chi connectivity index (χ0v) is 18.0. The third kappa shape index (κ3) is 4.02. The lowest BCUT2D eigenvalue weighted by Crippen LogP contribution is -2.35. The average molecular weight is 450 g/mol. The SMILES string of the molecule is CP(C)(=O)c1ccc(-c2cnc3c(n2)N(Cc2c(F)ccc(F)c2Cl)CCN3)cn1. The Balaban J connectivity index is 1.69. The Kier molecular flexibility index (Phi) is 5.47. The maximum atomic E-state index is 14.3. The van der Waals surface area contributed by atoms with Gasteiger partial charge in [0.25, 0.3) is 0 Å². The maximum absolute atomic E-state index is 14.3. The van der Waals surface area contributed by atoms with Gasteiger partial charge in [-0.1, -0.05) is 11.6 Å². The Labute approximate surface area is 177 Å². The predicted molar refractivity (Wildman–Crippen MR) is 115 cm³/mol. The minimum Gasteiger partial charge on any atom is -0.365 e. The maximum Gasteiger partial charge on any atom is 0.172 e. The molecule has 2 aromatic heterocycles. The zero-order valence-electron chi connectivity index (χ0n) is 16.4. The van der Waals surface area contributed by atoms with Crippen LogP contribution in [0.2, 0.25) is 5.02 Å². The molecule has 0 bridgehead atoms. The fourth-order valence-electron chi connectivity index (χ4n) is 3.19. The first-order valence-electron chi connectivity index (χ1n) is 9.24. The molecule has 0 spiro atoms. The Bertz CT molecular complexity index is 1150. The van der Waals surface area contributed by atoms with Crippen LogP contribution in [0.1, 0.15) is 5.56 Å². The normalized spacial score (nSPS) is 13.7. The highest BCUT2D eigenvalue weighted by Crippen LogP contribution is 2.34. The molecule has 156 valence electrons. The van der Waals surface area contributed by atoms with Gasteiger partial charge in [0, 0.05) is 37.0 Å². The van der Waals surface area contributed by atoms with Crippen molar-refractivity contribution in [2.24, 2.45) is 0 Å². The van der Waals surface area contributed by atoms with Crippen LogP contribution in [0.4, 0.5) is 20.4 Å². The summed E-state index contributed by atoms with van der Waals surface area (Å²) in [6.07, 6.45) is 3.22. The molecule has 10 heteroatoms. The van der Waals surface area contributed by atoms with Gasteiger partial charge in [0.05, 0.1) is 22.3 Å². The predicted octanol–water partition coefficient (Wildman–Crippen LogP) is 4.15. The fourth-order valence-corrected chi connectivity index (χ4v) is 4.18. The summed E-state index contributed by atoms with van der Waals surface area (Å²) in [7, 11) is -2.45. The Morgan fingerprint density at radius 1 is 1.13 bits per heavy atom. The number of aromatic nitrogens is 3. The van der Waals surface area contributed by atoms with Crippen LogP contribution in [0, 0.1) is 11.6 Å². The molecular weight excluding hydrogens is 431 g/mol. The molecule has 30 heavy (non-hydrogen) atoms. The van der Waals surface area contributed by atoms with Crippen LogP contribution < -0.4 is 15.7 Å². The summed E-state index contributed by atoms with van der Waals surface area (Å²) in [5.74, 6) is -0.180. The van der Waals surface area contributed by atoms with E-state index >= 15 is 0 Å². The summed E-state index contributed by atoms with van der Waals surface area (Å²) >= 11 is 6.00. The van der Waals surface area contributed by atoms with E-state index in [1.54, 1.807) is 42.8 Å². The van der Waals surface area contributed by atoms with Gasteiger partial charge in [-0.05, 0) is 37.6 Å². The quantitative estimate of drug-likeness (QED) is 0.476. The lowest BCUT2D eigenvalue weighted by Gasteiger charge is -2.30. The van der Waals surface area contributed by atoms with Gasteiger partial charge in [-0.2, -0.15) is 0 Å². The number of anilines is 2. The molecule has 1 N–H and O–H groups in total. The van der Waals surface area contributed by atoms with Gasteiger partial charge in [-0.3, -0.25) is 4.98 Å². The van der Waals surface area contributed by atoms with Crippen LogP contribution >= 0.6 is 18.7 Å². The van der Waals surface area contributed by atoms with Gasteiger partial charge < -0.3 is 14.8 Å². The second kappa shape index (κ2) is 7.93. The van der Waals surface area contributed by atoms with E-state index in [9.17, 15) is 13.3 Å². The topological polar surface area (TPSA) is 71.0 Å². The molecule has 0 radical (unpaired) electrons. The number of benzene rings is 1. The summed E-state index contributed by atoms with van der Waals surface area (Å²) in [5, 5.41) is 2.92. The van der Waals surface area contributed by atoms with Crippen LogP contribution in [-0.4, -0.2) is 41.4 Å². The molecule has 0 saturated carbocycles. The van der Waals surface area contributed by atoms with E-state index in [1.165, 1.54) is 0 Å². The molecule has 0 aliphatic carbocycles. The number of fused-ring (bicyclic) bond motifs is 1. The van der Waals surface area contributed by atoms with Gasteiger partial charge in [0.15, 0.2) is 11.6 Å². The number of nitrogens with one attached hydrogen (secondary N) is 1. The smallest absolute Gasteiger partial charge is 0.172 e. The second-order valence-electron chi connectivity index (χ2n) is 7.35. The van der Waals surface area contributed by atoms with Gasteiger partial charge in [0.1, 0.15) is 18.8 Å². The minimum atomic E-state index is -2.45. The molecular formula is C20H19ClF2N5OP. The van der Waals surface area contributed by atoms with Crippen molar-refractivity contribution in [3.63, 3.8) is 0 Å². The van der Waals surface area contributed by atoms with Gasteiger partial charge in [-0.15, -0.1) is 0 Å². The third-order valence-electron chi connectivity index (χ3n) is 4.81. The molecule has 0 amide bonds. The number of rotatable bonds is 4. The van der Waals surface area contributed by atoms with E-state index in [0.29, 0.717) is 41.4 Å². The standard InChI is InChI=1S/C20H19ClF2N5OP/c1-30(2,29)17-6-3-12(9-25-17)16-10-26-19-20(27-16)28(8-7-24-19)11-13-14(22)4-5-15(23)18(13)21/h3-6,9-10H,7-8,11H2,1-2H3,(H,24,26). The van der Waals surface area contributed by atoms with Crippen LogP contribution in [0.25, 0.3) is 11.3 Å².